The maximum Gasteiger partial charge on any atom is 0.206 e. The van der Waals surface area contributed by atoms with Gasteiger partial charge in [-0.2, -0.15) is 0 Å². The summed E-state index contributed by atoms with van der Waals surface area (Å²) in [4.78, 5) is 0. The molecule has 1 aliphatic carbocycles. The number of nitrogens with zero attached hydrogens (tertiary/aromatic N) is 1. The summed E-state index contributed by atoms with van der Waals surface area (Å²) in [6, 6.07) is 13.3. The zero-order chi connectivity index (χ0) is 15.0. The molecular formula is C20H22N+. The number of allylic oxidation sites excluding steroid dienone is 2. The second-order valence-corrected chi connectivity index (χ2v) is 5.90. The highest BCUT2D eigenvalue weighted by molar-refractivity contribution is 6.09. The van der Waals surface area contributed by atoms with Crippen LogP contribution in [0.15, 0.2) is 48.6 Å². The van der Waals surface area contributed by atoms with Crippen LogP contribution in [-0.4, -0.2) is 24.4 Å². The second kappa shape index (κ2) is 5.33. The van der Waals surface area contributed by atoms with Gasteiger partial charge in [0.15, 0.2) is 0 Å². The fraction of sp³-hybridized carbons (Fsp3) is 0.250. The normalized spacial score (nSPS) is 12.4. The van der Waals surface area contributed by atoms with Crippen LogP contribution in [0.3, 0.4) is 0 Å². The van der Waals surface area contributed by atoms with E-state index in [4.69, 9.17) is 0 Å². The van der Waals surface area contributed by atoms with E-state index < -0.39 is 0 Å². The Balaban J connectivity index is 2.28. The first-order valence-corrected chi connectivity index (χ1v) is 7.51. The Kier molecular flexibility index (Phi) is 3.50. The predicted octanol–water partition coefficient (Wildman–Crippen LogP) is 4.20. The van der Waals surface area contributed by atoms with E-state index in [2.05, 4.69) is 81.1 Å². The standard InChI is InChI=1S/C20H22N/c1-5-8-19(21(3)4)20-14(2)11-12-17-16-10-7-6-9-15(16)13-18(17)20/h5-12H,13H2,1-4H3/q+1/b8-5-. The lowest BCUT2D eigenvalue weighted by atomic mass is 9.93. The van der Waals surface area contributed by atoms with E-state index in [-0.39, 0.29) is 0 Å². The van der Waals surface area contributed by atoms with E-state index in [1.54, 1.807) is 0 Å². The number of hydrogen-bond donors (Lipinski definition) is 0. The van der Waals surface area contributed by atoms with Crippen molar-refractivity contribution in [2.75, 3.05) is 14.1 Å². The molecule has 0 aromatic heterocycles. The number of rotatable bonds is 2. The summed E-state index contributed by atoms with van der Waals surface area (Å²) >= 11 is 0. The SMILES string of the molecule is C/C=C\C(c1c(C)ccc2c1Cc1ccccc1-2)=[N+](C)C. The monoisotopic (exact) mass is 276 g/mol. The van der Waals surface area contributed by atoms with E-state index in [1.165, 1.54) is 39.1 Å². The number of fused-ring (bicyclic) bond motifs is 3. The molecule has 1 heteroatoms. The molecule has 2 aromatic carbocycles. The topological polar surface area (TPSA) is 3.01 Å². The van der Waals surface area contributed by atoms with E-state index in [9.17, 15) is 0 Å². The molecule has 0 saturated heterocycles. The highest BCUT2D eigenvalue weighted by Gasteiger charge is 2.25. The van der Waals surface area contributed by atoms with E-state index >= 15 is 0 Å². The molecule has 0 amide bonds. The van der Waals surface area contributed by atoms with Gasteiger partial charge >= 0.3 is 0 Å². The number of benzene rings is 2. The van der Waals surface area contributed by atoms with Gasteiger partial charge in [-0.05, 0) is 48.1 Å². The molecule has 0 atom stereocenters. The molecule has 0 bridgehead atoms. The molecule has 1 nitrogen and oxygen atoms in total. The van der Waals surface area contributed by atoms with Gasteiger partial charge in [-0.3, -0.25) is 0 Å². The summed E-state index contributed by atoms with van der Waals surface area (Å²) in [7, 11) is 4.24. The minimum Gasteiger partial charge on any atom is -0.235 e. The summed E-state index contributed by atoms with van der Waals surface area (Å²) in [6.07, 6.45) is 5.37. The third-order valence-electron chi connectivity index (χ3n) is 4.26. The Hall–Kier alpha value is -2.15. The summed E-state index contributed by atoms with van der Waals surface area (Å²) in [5, 5.41) is 0. The maximum atomic E-state index is 2.28. The van der Waals surface area contributed by atoms with Crippen molar-refractivity contribution in [2.24, 2.45) is 0 Å². The van der Waals surface area contributed by atoms with Crippen molar-refractivity contribution >= 4 is 5.71 Å². The van der Waals surface area contributed by atoms with Crippen LogP contribution in [0.4, 0.5) is 0 Å². The fourth-order valence-electron chi connectivity index (χ4n) is 3.30. The molecule has 0 unspecified atom stereocenters. The van der Waals surface area contributed by atoms with Crippen molar-refractivity contribution in [1.29, 1.82) is 0 Å². The van der Waals surface area contributed by atoms with Gasteiger partial charge in [-0.1, -0.05) is 42.5 Å². The summed E-state index contributed by atoms with van der Waals surface area (Å²) in [5.74, 6) is 0. The van der Waals surface area contributed by atoms with E-state index in [0.717, 1.165) is 6.42 Å². The quantitative estimate of drug-likeness (QED) is 0.487. The predicted molar refractivity (Wildman–Crippen MR) is 90.5 cm³/mol. The minimum atomic E-state index is 1.04. The van der Waals surface area contributed by atoms with Gasteiger partial charge in [0.1, 0.15) is 14.1 Å². The van der Waals surface area contributed by atoms with Crippen LogP contribution >= 0.6 is 0 Å². The van der Waals surface area contributed by atoms with Crippen LogP contribution in [-0.2, 0) is 6.42 Å². The molecule has 0 radical (unpaired) electrons. The Morgan fingerprint density at radius 3 is 2.52 bits per heavy atom. The Labute approximate surface area is 127 Å². The lowest BCUT2D eigenvalue weighted by Gasteiger charge is -2.11. The van der Waals surface area contributed by atoms with Crippen LogP contribution in [0.5, 0.6) is 0 Å². The average molecular weight is 276 g/mol. The average Bonchev–Trinajstić information content (AvgIpc) is 2.83. The first-order valence-electron chi connectivity index (χ1n) is 7.51. The zero-order valence-corrected chi connectivity index (χ0v) is 13.3. The lowest BCUT2D eigenvalue weighted by molar-refractivity contribution is -0.463. The van der Waals surface area contributed by atoms with Crippen LogP contribution in [0.1, 0.15) is 29.2 Å². The molecule has 21 heavy (non-hydrogen) atoms. The van der Waals surface area contributed by atoms with Crippen LogP contribution in [0, 0.1) is 6.92 Å². The molecule has 0 N–H and O–H groups in total. The van der Waals surface area contributed by atoms with Crippen molar-refractivity contribution in [1.82, 2.24) is 0 Å². The van der Waals surface area contributed by atoms with Crippen LogP contribution < -0.4 is 0 Å². The summed E-state index contributed by atoms with van der Waals surface area (Å²) < 4.78 is 2.21. The van der Waals surface area contributed by atoms with Gasteiger partial charge in [0.05, 0.1) is 5.56 Å². The van der Waals surface area contributed by atoms with Gasteiger partial charge in [0, 0.05) is 6.08 Å². The van der Waals surface area contributed by atoms with E-state index in [1.807, 2.05) is 0 Å². The smallest absolute Gasteiger partial charge is 0.206 e. The molecule has 0 aliphatic heterocycles. The highest BCUT2D eigenvalue weighted by Crippen LogP contribution is 2.39. The van der Waals surface area contributed by atoms with Gasteiger partial charge in [-0.15, -0.1) is 0 Å². The molecule has 106 valence electrons. The first kappa shape index (κ1) is 13.8. The first-order chi connectivity index (χ1) is 10.1. The molecular weight excluding hydrogens is 254 g/mol. The molecule has 1 aliphatic rings. The number of hydrogen-bond acceptors (Lipinski definition) is 0. The van der Waals surface area contributed by atoms with E-state index in [0.29, 0.717) is 0 Å². The van der Waals surface area contributed by atoms with Gasteiger partial charge < -0.3 is 0 Å². The van der Waals surface area contributed by atoms with Crippen molar-refractivity contribution in [3.05, 3.63) is 70.8 Å². The van der Waals surface area contributed by atoms with Gasteiger partial charge in [-0.25, -0.2) is 4.58 Å². The Morgan fingerprint density at radius 2 is 1.81 bits per heavy atom. The van der Waals surface area contributed by atoms with Crippen molar-refractivity contribution < 1.29 is 4.58 Å². The Morgan fingerprint density at radius 1 is 1.05 bits per heavy atom. The minimum absolute atomic E-state index is 1.04. The van der Waals surface area contributed by atoms with Crippen molar-refractivity contribution in [2.45, 2.75) is 20.3 Å². The molecule has 3 rings (SSSR count). The highest BCUT2D eigenvalue weighted by atomic mass is 14.9. The van der Waals surface area contributed by atoms with Gasteiger partial charge in [0.2, 0.25) is 5.71 Å². The van der Waals surface area contributed by atoms with Gasteiger partial charge in [0.25, 0.3) is 0 Å². The summed E-state index contributed by atoms with van der Waals surface area (Å²) in [5.41, 5.74) is 9.74. The molecule has 0 fully saturated rings. The summed E-state index contributed by atoms with van der Waals surface area (Å²) in [6.45, 7) is 4.29. The Bertz CT molecular complexity index is 759. The van der Waals surface area contributed by atoms with Crippen molar-refractivity contribution in [3.63, 3.8) is 0 Å². The lowest BCUT2D eigenvalue weighted by Crippen LogP contribution is -2.16. The third-order valence-corrected chi connectivity index (χ3v) is 4.26. The van der Waals surface area contributed by atoms with Crippen molar-refractivity contribution in [3.8, 4) is 11.1 Å². The largest absolute Gasteiger partial charge is 0.235 e. The third kappa shape index (κ3) is 2.23. The number of aryl methyl sites for hydroxylation is 1. The molecule has 0 heterocycles. The molecule has 2 aromatic rings. The zero-order valence-electron chi connectivity index (χ0n) is 13.3. The van der Waals surface area contributed by atoms with Crippen LogP contribution in [0.25, 0.3) is 11.1 Å². The fourth-order valence-corrected chi connectivity index (χ4v) is 3.30. The second-order valence-electron chi connectivity index (χ2n) is 5.90. The molecule has 0 spiro atoms. The molecule has 0 saturated carbocycles. The maximum absolute atomic E-state index is 2.28. The van der Waals surface area contributed by atoms with Crippen LogP contribution in [0.2, 0.25) is 0 Å².